The zero-order chi connectivity index (χ0) is 12.0. The lowest BCUT2D eigenvalue weighted by atomic mass is 10.3. The van der Waals surface area contributed by atoms with Gasteiger partial charge in [-0.1, -0.05) is 6.92 Å². The number of aliphatic hydroxyl groups is 1. The quantitative estimate of drug-likeness (QED) is 0.792. The Kier molecular flexibility index (Phi) is 5.42. The Labute approximate surface area is 99.4 Å². The third-order valence-electron chi connectivity index (χ3n) is 2.20. The van der Waals surface area contributed by atoms with Crippen LogP contribution >= 0.6 is 11.8 Å². The van der Waals surface area contributed by atoms with E-state index in [4.69, 9.17) is 4.42 Å². The second kappa shape index (κ2) is 6.60. The van der Waals surface area contributed by atoms with Crippen molar-refractivity contribution >= 4 is 17.7 Å². The fraction of sp³-hybridized carbons (Fsp3) is 0.545. The van der Waals surface area contributed by atoms with Crippen LogP contribution in [0.25, 0.3) is 0 Å². The monoisotopic (exact) mass is 243 g/mol. The molecule has 0 unspecified atom stereocenters. The summed E-state index contributed by atoms with van der Waals surface area (Å²) in [6.07, 6.45) is 1.18. The third kappa shape index (κ3) is 4.72. The fourth-order valence-corrected chi connectivity index (χ4v) is 1.79. The normalized spacial score (nSPS) is 14.4. The molecule has 0 saturated heterocycles. The summed E-state index contributed by atoms with van der Waals surface area (Å²) in [4.78, 5) is 11.4. The van der Waals surface area contributed by atoms with E-state index in [1.165, 1.54) is 11.8 Å². The zero-order valence-electron chi connectivity index (χ0n) is 9.47. The van der Waals surface area contributed by atoms with Crippen LogP contribution in [0.4, 0.5) is 0 Å². The first-order valence-corrected chi connectivity index (χ1v) is 6.23. The minimum Gasteiger partial charge on any atom is -0.467 e. The highest BCUT2D eigenvalue weighted by molar-refractivity contribution is 8.00. The Morgan fingerprint density at radius 2 is 2.38 bits per heavy atom. The summed E-state index contributed by atoms with van der Waals surface area (Å²) in [5.41, 5.74) is 0. The lowest BCUT2D eigenvalue weighted by molar-refractivity contribution is -0.118. The molecule has 0 radical (unpaired) electrons. The van der Waals surface area contributed by atoms with E-state index in [9.17, 15) is 9.90 Å². The summed E-state index contributed by atoms with van der Waals surface area (Å²) < 4.78 is 5.09. The number of nitrogens with one attached hydrogen (secondary N) is 1. The van der Waals surface area contributed by atoms with E-state index in [0.29, 0.717) is 12.3 Å². The van der Waals surface area contributed by atoms with Gasteiger partial charge in [-0.2, -0.15) is 0 Å². The van der Waals surface area contributed by atoms with Crippen LogP contribution in [-0.2, 0) is 11.3 Å². The van der Waals surface area contributed by atoms with Gasteiger partial charge in [0.05, 0.1) is 24.7 Å². The van der Waals surface area contributed by atoms with Gasteiger partial charge >= 0.3 is 0 Å². The van der Waals surface area contributed by atoms with E-state index in [1.807, 2.05) is 13.0 Å². The number of furan rings is 1. The number of carbonyl (C=O) groups is 1. The number of carbonyl (C=O) groups excluding carboxylic acids is 1. The van der Waals surface area contributed by atoms with Gasteiger partial charge in [0.15, 0.2) is 0 Å². The summed E-state index contributed by atoms with van der Waals surface area (Å²) in [5, 5.41) is 12.1. The van der Waals surface area contributed by atoms with Crippen molar-refractivity contribution in [3.05, 3.63) is 24.2 Å². The highest BCUT2D eigenvalue weighted by Gasteiger charge is 2.11. The van der Waals surface area contributed by atoms with Crippen molar-refractivity contribution in [2.45, 2.75) is 31.7 Å². The molecule has 16 heavy (non-hydrogen) atoms. The van der Waals surface area contributed by atoms with E-state index in [0.717, 1.165) is 5.76 Å². The summed E-state index contributed by atoms with van der Waals surface area (Å²) in [7, 11) is 0. The molecule has 0 bridgehead atoms. The van der Waals surface area contributed by atoms with Crippen LogP contribution in [0, 0.1) is 0 Å². The van der Waals surface area contributed by atoms with Crippen LogP contribution in [0.2, 0.25) is 0 Å². The molecule has 1 aromatic heterocycles. The van der Waals surface area contributed by atoms with Crippen molar-refractivity contribution in [3.8, 4) is 0 Å². The molecule has 0 saturated carbocycles. The molecule has 0 aliphatic rings. The van der Waals surface area contributed by atoms with Gasteiger partial charge in [0.25, 0.3) is 0 Å². The Morgan fingerprint density at radius 3 is 2.94 bits per heavy atom. The SMILES string of the molecule is C[C@H](O)[C@@H](C)SCC(=O)NCc1ccco1. The Morgan fingerprint density at radius 1 is 1.62 bits per heavy atom. The molecule has 2 atom stereocenters. The Hall–Kier alpha value is -0.940. The summed E-state index contributed by atoms with van der Waals surface area (Å²) in [6.45, 7) is 4.03. The van der Waals surface area contributed by atoms with Gasteiger partial charge in [0, 0.05) is 5.25 Å². The van der Waals surface area contributed by atoms with Gasteiger partial charge in [-0.25, -0.2) is 0 Å². The fourth-order valence-electron chi connectivity index (χ4n) is 0.996. The number of thioether (sulfide) groups is 1. The predicted molar refractivity (Wildman–Crippen MR) is 64.2 cm³/mol. The maximum atomic E-state index is 11.4. The van der Waals surface area contributed by atoms with E-state index in [2.05, 4.69) is 5.32 Å². The topological polar surface area (TPSA) is 62.5 Å². The molecule has 1 rings (SSSR count). The van der Waals surface area contributed by atoms with E-state index >= 15 is 0 Å². The molecule has 0 fully saturated rings. The van der Waals surface area contributed by atoms with Crippen LogP contribution < -0.4 is 5.32 Å². The van der Waals surface area contributed by atoms with Crippen molar-refractivity contribution in [3.63, 3.8) is 0 Å². The minimum absolute atomic E-state index is 0.0473. The first-order valence-electron chi connectivity index (χ1n) is 5.18. The van der Waals surface area contributed by atoms with E-state index < -0.39 is 6.10 Å². The predicted octanol–water partition coefficient (Wildman–Crippen LogP) is 1.40. The molecule has 90 valence electrons. The molecular formula is C11H17NO3S. The van der Waals surface area contributed by atoms with Gasteiger partial charge in [0.1, 0.15) is 5.76 Å². The van der Waals surface area contributed by atoms with Gasteiger partial charge in [-0.05, 0) is 19.1 Å². The summed E-state index contributed by atoms with van der Waals surface area (Å²) >= 11 is 1.44. The summed E-state index contributed by atoms with van der Waals surface area (Å²) in [6, 6.07) is 3.59. The van der Waals surface area contributed by atoms with Crippen molar-refractivity contribution in [2.24, 2.45) is 0 Å². The maximum Gasteiger partial charge on any atom is 0.230 e. The smallest absolute Gasteiger partial charge is 0.230 e. The minimum atomic E-state index is -0.400. The largest absolute Gasteiger partial charge is 0.467 e. The highest BCUT2D eigenvalue weighted by Crippen LogP contribution is 2.13. The van der Waals surface area contributed by atoms with Crippen LogP contribution in [0.1, 0.15) is 19.6 Å². The molecule has 1 aromatic rings. The molecule has 0 aliphatic carbocycles. The second-order valence-corrected chi connectivity index (χ2v) is 4.98. The van der Waals surface area contributed by atoms with Crippen molar-refractivity contribution in [1.29, 1.82) is 0 Å². The van der Waals surface area contributed by atoms with Crippen molar-refractivity contribution in [1.82, 2.24) is 5.32 Å². The molecule has 0 spiro atoms. The third-order valence-corrected chi connectivity index (χ3v) is 3.55. The Balaban J connectivity index is 2.16. The van der Waals surface area contributed by atoms with Crippen LogP contribution in [0.3, 0.4) is 0 Å². The molecule has 0 aliphatic heterocycles. The van der Waals surface area contributed by atoms with Gasteiger partial charge < -0.3 is 14.8 Å². The van der Waals surface area contributed by atoms with E-state index in [-0.39, 0.29) is 11.2 Å². The first-order chi connectivity index (χ1) is 7.59. The van der Waals surface area contributed by atoms with Crippen LogP contribution in [0.15, 0.2) is 22.8 Å². The number of hydrogen-bond donors (Lipinski definition) is 2. The average Bonchev–Trinajstić information content (AvgIpc) is 2.75. The molecule has 2 N–H and O–H groups in total. The number of rotatable bonds is 6. The van der Waals surface area contributed by atoms with Crippen LogP contribution in [-0.4, -0.2) is 28.1 Å². The summed E-state index contributed by atoms with van der Waals surface area (Å²) in [5.74, 6) is 1.04. The molecule has 1 heterocycles. The first kappa shape index (κ1) is 13.1. The molecule has 1 amide bonds. The maximum absolute atomic E-state index is 11.4. The van der Waals surface area contributed by atoms with Crippen LogP contribution in [0.5, 0.6) is 0 Å². The van der Waals surface area contributed by atoms with Gasteiger partial charge in [0.2, 0.25) is 5.91 Å². The lowest BCUT2D eigenvalue weighted by Gasteiger charge is -2.13. The average molecular weight is 243 g/mol. The molecule has 5 heteroatoms. The van der Waals surface area contributed by atoms with Gasteiger partial charge in [-0.15, -0.1) is 11.8 Å². The standard InChI is InChI=1S/C11H17NO3S/c1-8(13)9(2)16-7-11(14)12-6-10-4-3-5-15-10/h3-5,8-9,13H,6-7H2,1-2H3,(H,12,14)/t8-,9+/m0/s1. The number of amides is 1. The van der Waals surface area contributed by atoms with Crippen molar-refractivity contribution in [2.75, 3.05) is 5.75 Å². The zero-order valence-corrected chi connectivity index (χ0v) is 10.3. The number of aliphatic hydroxyl groups excluding tert-OH is 1. The second-order valence-electron chi connectivity index (χ2n) is 3.61. The molecule has 4 nitrogen and oxygen atoms in total. The molecule has 0 aromatic carbocycles. The van der Waals surface area contributed by atoms with E-state index in [1.54, 1.807) is 19.3 Å². The Bertz CT molecular complexity index is 311. The lowest BCUT2D eigenvalue weighted by Crippen LogP contribution is -2.26. The highest BCUT2D eigenvalue weighted by atomic mass is 32.2. The number of hydrogen-bond acceptors (Lipinski definition) is 4. The van der Waals surface area contributed by atoms with Gasteiger partial charge in [-0.3, -0.25) is 4.79 Å². The molecular weight excluding hydrogens is 226 g/mol. The van der Waals surface area contributed by atoms with Crippen molar-refractivity contribution < 1.29 is 14.3 Å².